The SMILES string of the molecule is COc1cccc(Nc2nc(N)nc(CN3CCCC[C@H]3C)n2)c1. The van der Waals surface area contributed by atoms with Crippen LogP contribution in [0.4, 0.5) is 17.6 Å². The molecule has 0 aliphatic carbocycles. The lowest BCUT2D eigenvalue weighted by molar-refractivity contribution is 0.149. The van der Waals surface area contributed by atoms with E-state index in [1.165, 1.54) is 19.3 Å². The van der Waals surface area contributed by atoms with Crippen molar-refractivity contribution in [1.29, 1.82) is 0 Å². The molecule has 1 saturated heterocycles. The van der Waals surface area contributed by atoms with E-state index in [0.717, 1.165) is 18.0 Å². The number of piperidine rings is 1. The molecule has 0 saturated carbocycles. The third-order valence-corrected chi connectivity index (χ3v) is 4.31. The Balaban J connectivity index is 1.75. The summed E-state index contributed by atoms with van der Waals surface area (Å²) >= 11 is 0. The average molecular weight is 328 g/mol. The van der Waals surface area contributed by atoms with E-state index in [1.54, 1.807) is 7.11 Å². The highest BCUT2D eigenvalue weighted by Gasteiger charge is 2.19. The van der Waals surface area contributed by atoms with Crippen LogP contribution in [0.2, 0.25) is 0 Å². The maximum Gasteiger partial charge on any atom is 0.232 e. The van der Waals surface area contributed by atoms with Crippen molar-refractivity contribution in [3.8, 4) is 5.75 Å². The Hall–Kier alpha value is -2.41. The molecule has 0 unspecified atom stereocenters. The maximum absolute atomic E-state index is 5.86. The van der Waals surface area contributed by atoms with Crippen molar-refractivity contribution in [2.75, 3.05) is 24.7 Å². The maximum atomic E-state index is 5.86. The number of anilines is 3. The summed E-state index contributed by atoms with van der Waals surface area (Å²) < 4.78 is 5.23. The third kappa shape index (κ3) is 4.11. The van der Waals surface area contributed by atoms with Crippen LogP contribution >= 0.6 is 0 Å². The highest BCUT2D eigenvalue weighted by atomic mass is 16.5. The first-order valence-corrected chi connectivity index (χ1v) is 8.29. The first-order chi connectivity index (χ1) is 11.6. The third-order valence-electron chi connectivity index (χ3n) is 4.31. The summed E-state index contributed by atoms with van der Waals surface area (Å²) in [4.78, 5) is 15.4. The molecule has 1 aromatic carbocycles. The molecule has 2 heterocycles. The Bertz CT molecular complexity index is 693. The number of likely N-dealkylation sites (tertiary alicyclic amines) is 1. The van der Waals surface area contributed by atoms with Crippen LogP contribution in [0, 0.1) is 0 Å². The topological polar surface area (TPSA) is 89.2 Å². The minimum absolute atomic E-state index is 0.232. The zero-order chi connectivity index (χ0) is 16.9. The van der Waals surface area contributed by atoms with Gasteiger partial charge in [-0.2, -0.15) is 15.0 Å². The van der Waals surface area contributed by atoms with Crippen LogP contribution in [0.1, 0.15) is 32.0 Å². The van der Waals surface area contributed by atoms with Crippen LogP contribution in [0.15, 0.2) is 24.3 Å². The van der Waals surface area contributed by atoms with Crippen molar-refractivity contribution in [1.82, 2.24) is 19.9 Å². The van der Waals surface area contributed by atoms with Crippen LogP contribution in [0.25, 0.3) is 0 Å². The van der Waals surface area contributed by atoms with E-state index in [4.69, 9.17) is 10.5 Å². The summed E-state index contributed by atoms with van der Waals surface area (Å²) in [6, 6.07) is 8.14. The van der Waals surface area contributed by atoms with Gasteiger partial charge in [-0.05, 0) is 38.4 Å². The van der Waals surface area contributed by atoms with Gasteiger partial charge in [0.05, 0.1) is 13.7 Å². The Labute approximate surface area is 142 Å². The molecule has 3 N–H and O–H groups in total. The Morgan fingerprint density at radius 1 is 1.29 bits per heavy atom. The van der Waals surface area contributed by atoms with Gasteiger partial charge in [-0.1, -0.05) is 12.5 Å². The number of methoxy groups -OCH3 is 1. The summed E-state index contributed by atoms with van der Waals surface area (Å²) in [5, 5.41) is 3.17. The lowest BCUT2D eigenvalue weighted by Gasteiger charge is -2.32. The van der Waals surface area contributed by atoms with Gasteiger partial charge < -0.3 is 15.8 Å². The Kier molecular flexibility index (Phi) is 5.10. The number of ether oxygens (including phenoxy) is 1. The monoisotopic (exact) mass is 328 g/mol. The van der Waals surface area contributed by atoms with Crippen LogP contribution in [-0.4, -0.2) is 39.5 Å². The quantitative estimate of drug-likeness (QED) is 0.872. The number of hydrogen-bond donors (Lipinski definition) is 2. The van der Waals surface area contributed by atoms with Gasteiger partial charge in [-0.25, -0.2) is 0 Å². The first-order valence-electron chi connectivity index (χ1n) is 8.29. The number of nitrogens with zero attached hydrogens (tertiary/aromatic N) is 4. The molecular weight excluding hydrogens is 304 g/mol. The van der Waals surface area contributed by atoms with Crippen molar-refractivity contribution in [3.63, 3.8) is 0 Å². The highest BCUT2D eigenvalue weighted by molar-refractivity contribution is 5.56. The van der Waals surface area contributed by atoms with Crippen LogP contribution in [0.3, 0.4) is 0 Å². The molecule has 128 valence electrons. The molecular formula is C17H24N6O. The van der Waals surface area contributed by atoms with Gasteiger partial charge in [-0.3, -0.25) is 4.90 Å². The fraction of sp³-hybridized carbons (Fsp3) is 0.471. The van der Waals surface area contributed by atoms with Gasteiger partial charge in [0.15, 0.2) is 0 Å². The van der Waals surface area contributed by atoms with Crippen molar-refractivity contribution in [3.05, 3.63) is 30.1 Å². The van der Waals surface area contributed by atoms with Crippen molar-refractivity contribution < 1.29 is 4.74 Å². The molecule has 1 aromatic heterocycles. The predicted octanol–water partition coefficient (Wildman–Crippen LogP) is 2.58. The van der Waals surface area contributed by atoms with Gasteiger partial charge in [0.1, 0.15) is 11.6 Å². The Morgan fingerprint density at radius 2 is 2.17 bits per heavy atom. The minimum atomic E-state index is 0.232. The second kappa shape index (κ2) is 7.44. The molecule has 0 radical (unpaired) electrons. The summed E-state index contributed by atoms with van der Waals surface area (Å²) in [6.07, 6.45) is 3.73. The molecule has 0 amide bonds. The predicted molar refractivity (Wildman–Crippen MR) is 94.2 cm³/mol. The average Bonchev–Trinajstić information content (AvgIpc) is 2.56. The molecule has 1 atom stereocenters. The molecule has 7 heteroatoms. The van der Waals surface area contributed by atoms with Gasteiger partial charge in [-0.15, -0.1) is 0 Å². The molecule has 7 nitrogen and oxygen atoms in total. The van der Waals surface area contributed by atoms with E-state index in [9.17, 15) is 0 Å². The molecule has 0 bridgehead atoms. The number of nitrogens with one attached hydrogen (secondary N) is 1. The van der Waals surface area contributed by atoms with E-state index < -0.39 is 0 Å². The standard InChI is InChI=1S/C17H24N6O/c1-12-6-3-4-9-23(12)11-15-20-16(18)22-17(21-15)19-13-7-5-8-14(10-13)24-2/h5,7-8,10,12H,3-4,6,9,11H2,1-2H3,(H3,18,19,20,21,22)/t12-/m1/s1. The van der Waals surface area contributed by atoms with E-state index in [-0.39, 0.29) is 5.95 Å². The zero-order valence-electron chi connectivity index (χ0n) is 14.2. The molecule has 1 aliphatic rings. The number of hydrogen-bond acceptors (Lipinski definition) is 7. The summed E-state index contributed by atoms with van der Waals surface area (Å²) in [5.41, 5.74) is 6.71. The first kappa shape index (κ1) is 16.4. The van der Waals surface area contributed by atoms with Gasteiger partial charge in [0, 0.05) is 17.8 Å². The minimum Gasteiger partial charge on any atom is -0.497 e. The van der Waals surface area contributed by atoms with E-state index in [1.807, 2.05) is 24.3 Å². The van der Waals surface area contributed by atoms with Crippen LogP contribution in [-0.2, 0) is 6.54 Å². The van der Waals surface area contributed by atoms with Gasteiger partial charge >= 0.3 is 0 Å². The fourth-order valence-corrected chi connectivity index (χ4v) is 2.97. The zero-order valence-corrected chi connectivity index (χ0v) is 14.2. The normalized spacial score (nSPS) is 18.3. The number of benzene rings is 1. The molecule has 0 spiro atoms. The second-order valence-corrected chi connectivity index (χ2v) is 6.11. The number of nitrogen functional groups attached to an aromatic ring is 1. The van der Waals surface area contributed by atoms with E-state index >= 15 is 0 Å². The van der Waals surface area contributed by atoms with Gasteiger partial charge in [0.25, 0.3) is 0 Å². The lowest BCUT2D eigenvalue weighted by Crippen LogP contribution is -2.37. The van der Waals surface area contributed by atoms with Crippen molar-refractivity contribution >= 4 is 17.6 Å². The van der Waals surface area contributed by atoms with Crippen molar-refractivity contribution in [2.45, 2.75) is 38.8 Å². The largest absolute Gasteiger partial charge is 0.497 e. The van der Waals surface area contributed by atoms with Crippen LogP contribution < -0.4 is 15.8 Å². The fourth-order valence-electron chi connectivity index (χ4n) is 2.97. The number of rotatable bonds is 5. The second-order valence-electron chi connectivity index (χ2n) is 6.11. The highest BCUT2D eigenvalue weighted by Crippen LogP contribution is 2.21. The van der Waals surface area contributed by atoms with Crippen molar-refractivity contribution in [2.24, 2.45) is 0 Å². The molecule has 1 aliphatic heterocycles. The van der Waals surface area contributed by atoms with E-state index in [2.05, 4.69) is 32.1 Å². The summed E-state index contributed by atoms with van der Waals surface area (Å²) in [6.45, 7) is 4.02. The Morgan fingerprint density at radius 3 is 2.96 bits per heavy atom. The number of aromatic nitrogens is 3. The summed E-state index contributed by atoms with van der Waals surface area (Å²) in [7, 11) is 1.64. The van der Waals surface area contributed by atoms with Crippen LogP contribution in [0.5, 0.6) is 5.75 Å². The summed E-state index contributed by atoms with van der Waals surface area (Å²) in [5.74, 6) is 2.15. The lowest BCUT2D eigenvalue weighted by atomic mass is 10.0. The van der Waals surface area contributed by atoms with Gasteiger partial charge in [0.2, 0.25) is 11.9 Å². The molecule has 1 fully saturated rings. The molecule has 24 heavy (non-hydrogen) atoms. The van der Waals surface area contributed by atoms with E-state index in [0.29, 0.717) is 24.4 Å². The smallest absolute Gasteiger partial charge is 0.232 e. The number of nitrogens with two attached hydrogens (primary N) is 1. The molecule has 3 rings (SSSR count). The molecule has 2 aromatic rings.